The number of halogens is 1. The number of aryl methyl sites for hydroxylation is 1. The van der Waals surface area contributed by atoms with E-state index >= 15 is 0 Å². The Bertz CT molecular complexity index is 2110. The molecule has 0 aliphatic carbocycles. The van der Waals surface area contributed by atoms with Crippen LogP contribution in [0, 0.1) is 6.92 Å². The largest absolute Gasteiger partial charge is 0.457 e. The number of anilines is 2. The molecule has 3 amide bonds. The van der Waals surface area contributed by atoms with E-state index in [4.69, 9.17) is 4.42 Å². The molecule has 0 unspecified atom stereocenters. The molecule has 11 heteroatoms. The number of amides is 3. The Balaban J connectivity index is 1.10. The summed E-state index contributed by atoms with van der Waals surface area (Å²) in [6.45, 7) is 1.93. The van der Waals surface area contributed by atoms with E-state index in [0.717, 1.165) is 31.1 Å². The third-order valence-electron chi connectivity index (χ3n) is 7.13. The van der Waals surface area contributed by atoms with Gasteiger partial charge in [0.2, 0.25) is 5.91 Å². The lowest BCUT2D eigenvalue weighted by atomic mass is 10.2. The van der Waals surface area contributed by atoms with Gasteiger partial charge in [-0.25, -0.2) is 4.98 Å². The average Bonchev–Trinajstić information content (AvgIpc) is 3.74. The van der Waals surface area contributed by atoms with E-state index in [2.05, 4.69) is 36.9 Å². The second-order valence-corrected chi connectivity index (χ2v) is 13.7. The van der Waals surface area contributed by atoms with E-state index in [-0.39, 0.29) is 17.4 Å². The van der Waals surface area contributed by atoms with Crippen LogP contribution >= 0.6 is 39.0 Å². The summed E-state index contributed by atoms with van der Waals surface area (Å²) in [7, 11) is 0. The Morgan fingerprint density at radius 1 is 0.816 bits per heavy atom. The van der Waals surface area contributed by atoms with E-state index in [0.29, 0.717) is 27.9 Å². The highest BCUT2D eigenvalue weighted by Crippen LogP contribution is 2.33. The number of hydrogen-bond donors (Lipinski definition) is 3. The lowest BCUT2D eigenvalue weighted by molar-refractivity contribution is -0.114. The molecule has 3 N–H and O–H groups in total. The van der Waals surface area contributed by atoms with Gasteiger partial charge >= 0.3 is 0 Å². The summed E-state index contributed by atoms with van der Waals surface area (Å²) < 4.78 is 6.94. The number of thiazole rings is 1. The topological polar surface area (TPSA) is 113 Å². The summed E-state index contributed by atoms with van der Waals surface area (Å²) in [6, 6.07) is 36.9. The summed E-state index contributed by atoms with van der Waals surface area (Å²) in [5, 5.41) is 9.02. The number of thioether (sulfide) groups is 1. The number of rotatable bonds is 11. The molecule has 0 aliphatic heterocycles. The normalized spacial score (nSPS) is 11.2. The molecule has 0 fully saturated rings. The number of nitrogens with one attached hydrogen (secondary N) is 3. The van der Waals surface area contributed by atoms with Crippen LogP contribution in [0.1, 0.15) is 21.8 Å². The number of aromatic nitrogens is 1. The molecule has 0 saturated heterocycles. The number of carbonyl (C=O) groups is 3. The predicted molar refractivity (Wildman–Crippen MR) is 200 cm³/mol. The van der Waals surface area contributed by atoms with Gasteiger partial charge in [0.05, 0.1) is 16.3 Å². The average molecular weight is 750 g/mol. The zero-order chi connectivity index (χ0) is 34.2. The Morgan fingerprint density at radius 3 is 2.22 bits per heavy atom. The number of benzene rings is 4. The summed E-state index contributed by atoms with van der Waals surface area (Å²) in [6.07, 6.45) is 1.49. The van der Waals surface area contributed by atoms with Crippen LogP contribution in [-0.4, -0.2) is 28.5 Å². The number of hydrogen-bond acceptors (Lipinski definition) is 7. The lowest BCUT2D eigenvalue weighted by Crippen LogP contribution is -2.30. The molecule has 2 aromatic heterocycles. The van der Waals surface area contributed by atoms with Crippen LogP contribution in [-0.2, 0) is 9.59 Å². The molecule has 2 heterocycles. The third kappa shape index (κ3) is 9.02. The Labute approximate surface area is 299 Å². The van der Waals surface area contributed by atoms with E-state index in [9.17, 15) is 14.4 Å². The van der Waals surface area contributed by atoms with Crippen molar-refractivity contribution in [2.24, 2.45) is 0 Å². The van der Waals surface area contributed by atoms with E-state index in [1.807, 2.05) is 79.7 Å². The molecule has 0 radical (unpaired) electrons. The highest BCUT2D eigenvalue weighted by atomic mass is 79.9. The van der Waals surface area contributed by atoms with Crippen LogP contribution in [0.3, 0.4) is 0 Å². The van der Waals surface area contributed by atoms with Crippen LogP contribution < -0.4 is 16.0 Å². The highest BCUT2D eigenvalue weighted by molar-refractivity contribution is 9.10. The van der Waals surface area contributed by atoms with Crippen LogP contribution in [0.2, 0.25) is 0 Å². The van der Waals surface area contributed by atoms with Crippen molar-refractivity contribution in [1.29, 1.82) is 0 Å². The monoisotopic (exact) mass is 748 g/mol. The van der Waals surface area contributed by atoms with Crippen molar-refractivity contribution >= 4 is 73.6 Å². The van der Waals surface area contributed by atoms with Gasteiger partial charge in [-0.3, -0.25) is 14.4 Å². The molecule has 0 spiro atoms. The van der Waals surface area contributed by atoms with E-state index in [1.165, 1.54) is 29.2 Å². The second kappa shape index (κ2) is 15.8. The van der Waals surface area contributed by atoms with Crippen molar-refractivity contribution < 1.29 is 18.8 Å². The fourth-order valence-electron chi connectivity index (χ4n) is 4.73. The minimum absolute atomic E-state index is 0.00790. The van der Waals surface area contributed by atoms with Crippen molar-refractivity contribution in [1.82, 2.24) is 10.3 Å². The fourth-order valence-corrected chi connectivity index (χ4v) is 6.68. The molecule has 6 aromatic rings. The van der Waals surface area contributed by atoms with E-state index < -0.39 is 11.8 Å². The van der Waals surface area contributed by atoms with Gasteiger partial charge in [0.25, 0.3) is 11.8 Å². The predicted octanol–water partition coefficient (Wildman–Crippen LogP) is 9.28. The SMILES string of the molecule is Cc1nc(NC(=O)CSc2ccc(NC(=O)/C(=C/c3ccc(-c4ccc(Br)cc4)o3)NC(=O)c3ccccc3)cc2)sc1-c1ccccc1. The quantitative estimate of drug-likeness (QED) is 0.0900. The van der Waals surface area contributed by atoms with Crippen LogP contribution in [0.4, 0.5) is 10.8 Å². The zero-order valence-corrected chi connectivity index (χ0v) is 29.3. The van der Waals surface area contributed by atoms with Gasteiger partial charge in [0, 0.05) is 32.3 Å². The molecule has 244 valence electrons. The maximum absolute atomic E-state index is 13.5. The van der Waals surface area contributed by atoms with Crippen molar-refractivity contribution in [3.05, 3.63) is 149 Å². The summed E-state index contributed by atoms with van der Waals surface area (Å²) >= 11 is 6.25. The molecule has 0 saturated carbocycles. The molecule has 6 rings (SSSR count). The summed E-state index contributed by atoms with van der Waals surface area (Å²) in [5.74, 6) is 0.0736. The summed E-state index contributed by atoms with van der Waals surface area (Å²) in [4.78, 5) is 45.6. The minimum atomic E-state index is -0.528. The van der Waals surface area contributed by atoms with Gasteiger partial charge in [-0.15, -0.1) is 11.8 Å². The molecular weight excluding hydrogens is 720 g/mol. The van der Waals surface area contributed by atoms with Gasteiger partial charge in [-0.2, -0.15) is 0 Å². The minimum Gasteiger partial charge on any atom is -0.457 e. The fraction of sp³-hybridized carbons (Fsp3) is 0.0526. The van der Waals surface area contributed by atoms with Crippen LogP contribution in [0.15, 0.2) is 141 Å². The molecule has 8 nitrogen and oxygen atoms in total. The number of nitrogens with zero attached hydrogens (tertiary/aromatic N) is 1. The van der Waals surface area contributed by atoms with Crippen LogP contribution in [0.5, 0.6) is 0 Å². The maximum Gasteiger partial charge on any atom is 0.272 e. The van der Waals surface area contributed by atoms with E-state index in [1.54, 1.807) is 48.5 Å². The van der Waals surface area contributed by atoms with Crippen molar-refractivity contribution in [2.75, 3.05) is 16.4 Å². The second-order valence-electron chi connectivity index (χ2n) is 10.7. The molecule has 0 aliphatic rings. The third-order valence-corrected chi connectivity index (χ3v) is 9.79. The van der Waals surface area contributed by atoms with Gasteiger partial charge in [-0.1, -0.05) is 87.9 Å². The summed E-state index contributed by atoms with van der Waals surface area (Å²) in [5.41, 5.74) is 3.72. The lowest BCUT2D eigenvalue weighted by Gasteiger charge is -2.11. The highest BCUT2D eigenvalue weighted by Gasteiger charge is 2.17. The van der Waals surface area contributed by atoms with Gasteiger partial charge in [0.1, 0.15) is 17.2 Å². The molecule has 0 atom stereocenters. The molecule has 49 heavy (non-hydrogen) atoms. The Morgan fingerprint density at radius 2 is 1.51 bits per heavy atom. The first-order valence-electron chi connectivity index (χ1n) is 15.1. The first kappa shape index (κ1) is 33.7. The zero-order valence-electron chi connectivity index (χ0n) is 26.1. The smallest absolute Gasteiger partial charge is 0.272 e. The van der Waals surface area contributed by atoms with Gasteiger partial charge in [-0.05, 0) is 73.2 Å². The molecule has 4 aromatic carbocycles. The van der Waals surface area contributed by atoms with Crippen LogP contribution in [0.25, 0.3) is 27.8 Å². The first-order chi connectivity index (χ1) is 23.8. The maximum atomic E-state index is 13.5. The van der Waals surface area contributed by atoms with Crippen molar-refractivity contribution in [2.45, 2.75) is 11.8 Å². The van der Waals surface area contributed by atoms with Gasteiger partial charge < -0.3 is 20.4 Å². The van der Waals surface area contributed by atoms with Gasteiger partial charge in [0.15, 0.2) is 5.13 Å². The molecular formula is C38H29BrN4O4S2. The molecule has 0 bridgehead atoms. The number of furan rings is 1. The first-order valence-corrected chi connectivity index (χ1v) is 17.7. The van der Waals surface area contributed by atoms with Crippen molar-refractivity contribution in [3.63, 3.8) is 0 Å². The van der Waals surface area contributed by atoms with Crippen molar-refractivity contribution in [3.8, 4) is 21.8 Å². The standard InChI is InChI=1S/C38H29BrN4O4S2/c1-24-35(26-8-4-2-5-9-26)49-38(40-24)43-34(44)23-48-31-19-16-29(17-20-31)41-37(46)32(42-36(45)27-10-6-3-7-11-27)22-30-18-21-33(47-30)25-12-14-28(39)15-13-25/h2-22H,23H2,1H3,(H,41,46)(H,42,45)(H,40,43,44)/b32-22-. The Hall–Kier alpha value is -5.23. The Kier molecular flexibility index (Phi) is 10.8. The number of carbonyl (C=O) groups excluding carboxylic acids is 3.